The van der Waals surface area contributed by atoms with Crippen molar-refractivity contribution in [3.63, 3.8) is 0 Å². The zero-order chi connectivity index (χ0) is 11.5. The molecule has 0 spiro atoms. The molecule has 92 valence electrons. The summed E-state index contributed by atoms with van der Waals surface area (Å²) in [4.78, 5) is 0. The normalized spacial score (nSPS) is 10.8. The Labute approximate surface area is 103 Å². The van der Waals surface area contributed by atoms with Gasteiger partial charge in [0.1, 0.15) is 0 Å². The van der Waals surface area contributed by atoms with Crippen LogP contribution >= 0.6 is 12.4 Å². The second-order valence-corrected chi connectivity index (χ2v) is 4.49. The monoisotopic (exact) mass is 245 g/mol. The van der Waals surface area contributed by atoms with Crippen molar-refractivity contribution in [2.75, 3.05) is 7.11 Å². The zero-order valence-corrected chi connectivity index (χ0v) is 10.8. The summed E-state index contributed by atoms with van der Waals surface area (Å²) in [7, 11) is 1.55. The van der Waals surface area contributed by atoms with Gasteiger partial charge in [-0.2, -0.15) is 0 Å². The molecule has 0 unspecified atom stereocenters. The molecule has 0 aromatic heterocycles. The van der Waals surface area contributed by atoms with E-state index < -0.39 is 0 Å². The van der Waals surface area contributed by atoms with Gasteiger partial charge >= 0.3 is 0 Å². The molecule has 1 aromatic carbocycles. The lowest BCUT2D eigenvalue weighted by Crippen LogP contribution is -2.32. The van der Waals surface area contributed by atoms with Gasteiger partial charge in [0.2, 0.25) is 0 Å². The Morgan fingerprint density at radius 3 is 2.50 bits per heavy atom. The van der Waals surface area contributed by atoms with Crippen molar-refractivity contribution in [1.29, 1.82) is 0 Å². The van der Waals surface area contributed by atoms with Crippen LogP contribution in [0.15, 0.2) is 18.2 Å². The number of rotatable bonds is 4. The molecule has 0 saturated carbocycles. The molecule has 0 amide bonds. The third kappa shape index (κ3) is 4.73. The number of ether oxygens (including phenoxy) is 1. The van der Waals surface area contributed by atoms with Crippen LogP contribution in [0.2, 0.25) is 0 Å². The number of halogens is 1. The molecule has 0 fully saturated rings. The quantitative estimate of drug-likeness (QED) is 0.857. The molecule has 0 bridgehead atoms. The highest BCUT2D eigenvalue weighted by molar-refractivity contribution is 5.85. The molecule has 1 rings (SSSR count). The number of methoxy groups -OCH3 is 1. The Hall–Kier alpha value is -0.930. The van der Waals surface area contributed by atoms with Gasteiger partial charge in [0.25, 0.3) is 0 Å². The summed E-state index contributed by atoms with van der Waals surface area (Å²) >= 11 is 0. The van der Waals surface area contributed by atoms with Crippen molar-refractivity contribution in [2.24, 2.45) is 5.73 Å². The van der Waals surface area contributed by atoms with Gasteiger partial charge in [-0.3, -0.25) is 0 Å². The summed E-state index contributed by atoms with van der Waals surface area (Å²) in [6.07, 6.45) is 1.79. The lowest BCUT2D eigenvalue weighted by atomic mass is 9.96. The van der Waals surface area contributed by atoms with Gasteiger partial charge in [-0.1, -0.05) is 6.07 Å². The number of phenols is 1. The minimum absolute atomic E-state index is 0. The first kappa shape index (κ1) is 15.1. The second kappa shape index (κ2) is 5.97. The van der Waals surface area contributed by atoms with Crippen LogP contribution in [-0.4, -0.2) is 17.8 Å². The average Bonchev–Trinajstić information content (AvgIpc) is 2.15. The summed E-state index contributed by atoms with van der Waals surface area (Å²) in [5, 5.41) is 9.41. The fourth-order valence-corrected chi connectivity index (χ4v) is 1.34. The minimum atomic E-state index is -0.162. The van der Waals surface area contributed by atoms with Crippen LogP contribution in [0, 0.1) is 0 Å². The van der Waals surface area contributed by atoms with Crippen LogP contribution in [0.4, 0.5) is 0 Å². The average molecular weight is 246 g/mol. The first-order valence-corrected chi connectivity index (χ1v) is 5.07. The SMILES string of the molecule is COc1cc(CCC(C)(C)N)ccc1O.Cl. The molecule has 0 atom stereocenters. The number of hydrogen-bond acceptors (Lipinski definition) is 3. The van der Waals surface area contributed by atoms with E-state index in [2.05, 4.69) is 0 Å². The number of aryl methyl sites for hydroxylation is 1. The van der Waals surface area contributed by atoms with Gasteiger partial charge in [-0.15, -0.1) is 12.4 Å². The van der Waals surface area contributed by atoms with E-state index in [1.165, 1.54) is 0 Å². The molecule has 16 heavy (non-hydrogen) atoms. The van der Waals surface area contributed by atoms with E-state index in [-0.39, 0.29) is 23.7 Å². The third-order valence-electron chi connectivity index (χ3n) is 2.30. The highest BCUT2D eigenvalue weighted by Gasteiger charge is 2.11. The van der Waals surface area contributed by atoms with E-state index in [9.17, 15) is 5.11 Å². The van der Waals surface area contributed by atoms with Crippen molar-refractivity contribution >= 4 is 12.4 Å². The highest BCUT2D eigenvalue weighted by Crippen LogP contribution is 2.27. The molecule has 0 aliphatic heterocycles. The van der Waals surface area contributed by atoms with E-state index >= 15 is 0 Å². The summed E-state index contributed by atoms with van der Waals surface area (Å²) in [6.45, 7) is 4.01. The lowest BCUT2D eigenvalue weighted by Gasteiger charge is -2.18. The third-order valence-corrected chi connectivity index (χ3v) is 2.30. The van der Waals surface area contributed by atoms with Crippen LogP contribution in [0.25, 0.3) is 0 Å². The van der Waals surface area contributed by atoms with Crippen LogP contribution < -0.4 is 10.5 Å². The maximum Gasteiger partial charge on any atom is 0.160 e. The zero-order valence-electron chi connectivity index (χ0n) is 9.99. The lowest BCUT2D eigenvalue weighted by molar-refractivity contribution is 0.372. The molecule has 3 N–H and O–H groups in total. The Bertz CT molecular complexity index is 334. The number of phenolic OH excluding ortho intramolecular Hbond substituents is 1. The minimum Gasteiger partial charge on any atom is -0.504 e. The topological polar surface area (TPSA) is 55.5 Å². The molecule has 0 heterocycles. The molecule has 3 nitrogen and oxygen atoms in total. The first-order valence-electron chi connectivity index (χ1n) is 5.07. The first-order chi connectivity index (χ1) is 6.92. The Morgan fingerprint density at radius 1 is 1.38 bits per heavy atom. The molecule has 0 aliphatic carbocycles. The van der Waals surface area contributed by atoms with Crippen LogP contribution in [-0.2, 0) is 6.42 Å². The molecular weight excluding hydrogens is 226 g/mol. The van der Waals surface area contributed by atoms with E-state index in [1.807, 2.05) is 26.0 Å². The smallest absolute Gasteiger partial charge is 0.160 e. The highest BCUT2D eigenvalue weighted by atomic mass is 35.5. The van der Waals surface area contributed by atoms with Gasteiger partial charge < -0.3 is 15.6 Å². The van der Waals surface area contributed by atoms with Crippen molar-refractivity contribution in [1.82, 2.24) is 0 Å². The Morgan fingerprint density at radius 2 is 2.00 bits per heavy atom. The van der Waals surface area contributed by atoms with E-state index in [4.69, 9.17) is 10.5 Å². The molecule has 0 aliphatic rings. The van der Waals surface area contributed by atoms with Crippen LogP contribution in [0.1, 0.15) is 25.8 Å². The fourth-order valence-electron chi connectivity index (χ4n) is 1.34. The molecule has 1 aromatic rings. The summed E-state index contributed by atoms with van der Waals surface area (Å²) < 4.78 is 5.04. The summed E-state index contributed by atoms with van der Waals surface area (Å²) in [6, 6.07) is 5.39. The molecule has 0 saturated heterocycles. The van der Waals surface area contributed by atoms with Crippen LogP contribution in [0.5, 0.6) is 11.5 Å². The van der Waals surface area contributed by atoms with E-state index in [1.54, 1.807) is 13.2 Å². The van der Waals surface area contributed by atoms with Gasteiger partial charge in [0.05, 0.1) is 7.11 Å². The largest absolute Gasteiger partial charge is 0.504 e. The van der Waals surface area contributed by atoms with Gasteiger partial charge in [-0.05, 0) is 44.4 Å². The van der Waals surface area contributed by atoms with Crippen molar-refractivity contribution in [3.05, 3.63) is 23.8 Å². The Balaban J connectivity index is 0.00000225. The van der Waals surface area contributed by atoms with Crippen molar-refractivity contribution in [3.8, 4) is 11.5 Å². The predicted molar refractivity (Wildman–Crippen MR) is 68.5 cm³/mol. The maximum absolute atomic E-state index is 9.41. The standard InChI is InChI=1S/C12H19NO2.ClH/c1-12(2,13)7-6-9-4-5-10(14)11(8-9)15-3;/h4-5,8,14H,6-7,13H2,1-3H3;1H. The van der Waals surface area contributed by atoms with Gasteiger partial charge in [0.15, 0.2) is 11.5 Å². The fraction of sp³-hybridized carbons (Fsp3) is 0.500. The van der Waals surface area contributed by atoms with Gasteiger partial charge in [-0.25, -0.2) is 0 Å². The van der Waals surface area contributed by atoms with E-state index in [0.29, 0.717) is 5.75 Å². The predicted octanol–water partition coefficient (Wildman–Crippen LogP) is 2.49. The number of nitrogens with two attached hydrogens (primary N) is 1. The maximum atomic E-state index is 9.41. The van der Waals surface area contributed by atoms with E-state index in [0.717, 1.165) is 18.4 Å². The van der Waals surface area contributed by atoms with Crippen LogP contribution in [0.3, 0.4) is 0 Å². The second-order valence-electron chi connectivity index (χ2n) is 4.49. The summed E-state index contributed by atoms with van der Waals surface area (Å²) in [5.74, 6) is 0.690. The molecule has 0 radical (unpaired) electrons. The number of benzene rings is 1. The number of hydrogen-bond donors (Lipinski definition) is 2. The summed E-state index contributed by atoms with van der Waals surface area (Å²) in [5.41, 5.74) is 6.87. The molecule has 4 heteroatoms. The number of aromatic hydroxyl groups is 1. The van der Waals surface area contributed by atoms with Gasteiger partial charge in [0, 0.05) is 5.54 Å². The van der Waals surface area contributed by atoms with Crippen molar-refractivity contribution in [2.45, 2.75) is 32.2 Å². The van der Waals surface area contributed by atoms with Crippen molar-refractivity contribution < 1.29 is 9.84 Å². The molecular formula is C12H20ClNO2. The Kier molecular flexibility index (Phi) is 5.62.